The molecule has 1 aliphatic rings. The van der Waals surface area contributed by atoms with Gasteiger partial charge >= 0.3 is 0 Å². The molecular formula is C27H34FN5O. The molecule has 0 bridgehead atoms. The lowest BCUT2D eigenvalue weighted by Crippen LogP contribution is -2.38. The van der Waals surface area contributed by atoms with E-state index in [1.807, 2.05) is 24.3 Å². The summed E-state index contributed by atoms with van der Waals surface area (Å²) in [5, 5.41) is 16.3. The van der Waals surface area contributed by atoms with Gasteiger partial charge in [-0.25, -0.2) is 14.4 Å². The van der Waals surface area contributed by atoms with Gasteiger partial charge in [-0.15, -0.1) is 0 Å². The Morgan fingerprint density at radius 2 is 2.09 bits per heavy atom. The highest BCUT2D eigenvalue weighted by molar-refractivity contribution is 5.61. The molecule has 0 aliphatic carbocycles. The Morgan fingerprint density at radius 1 is 1.18 bits per heavy atom. The third-order valence-corrected chi connectivity index (χ3v) is 6.34. The Labute approximate surface area is 201 Å². The van der Waals surface area contributed by atoms with Crippen LogP contribution < -0.4 is 10.6 Å². The first-order valence-corrected chi connectivity index (χ1v) is 12.2. The van der Waals surface area contributed by atoms with Gasteiger partial charge in [0, 0.05) is 31.4 Å². The van der Waals surface area contributed by atoms with Gasteiger partial charge in [-0.05, 0) is 86.3 Å². The Bertz CT molecular complexity index is 1070. The number of halogens is 1. The van der Waals surface area contributed by atoms with Crippen molar-refractivity contribution in [3.05, 3.63) is 71.7 Å². The van der Waals surface area contributed by atoms with E-state index in [1.54, 1.807) is 24.4 Å². The van der Waals surface area contributed by atoms with Crippen LogP contribution in [0.3, 0.4) is 0 Å². The molecule has 1 aliphatic heterocycles. The minimum atomic E-state index is -0.285. The van der Waals surface area contributed by atoms with Crippen molar-refractivity contribution in [2.24, 2.45) is 5.92 Å². The van der Waals surface area contributed by atoms with Crippen LogP contribution in [0.15, 0.2) is 54.7 Å². The van der Waals surface area contributed by atoms with Gasteiger partial charge < -0.3 is 15.7 Å². The third kappa shape index (κ3) is 6.74. The Morgan fingerprint density at radius 3 is 2.88 bits per heavy atom. The number of nitrogens with one attached hydrogen (secondary N) is 2. The van der Waals surface area contributed by atoms with Crippen molar-refractivity contribution in [3.8, 4) is 17.0 Å². The van der Waals surface area contributed by atoms with E-state index in [1.165, 1.54) is 18.9 Å². The average Bonchev–Trinajstić information content (AvgIpc) is 2.85. The number of aromatic nitrogens is 2. The summed E-state index contributed by atoms with van der Waals surface area (Å²) < 4.78 is 14.8. The Kier molecular flexibility index (Phi) is 8.44. The van der Waals surface area contributed by atoms with Crippen molar-refractivity contribution in [1.82, 2.24) is 20.2 Å². The van der Waals surface area contributed by atoms with E-state index in [0.29, 0.717) is 29.7 Å². The molecular weight excluding hydrogens is 429 g/mol. The number of nitrogens with zero attached hydrogens (tertiary/aromatic N) is 3. The topological polar surface area (TPSA) is 73.3 Å². The molecule has 3 N–H and O–H groups in total. The Hall–Kier alpha value is -3.03. The Balaban J connectivity index is 1.41. The lowest BCUT2D eigenvalue weighted by Gasteiger charge is -2.29. The first-order chi connectivity index (χ1) is 16.6. The van der Waals surface area contributed by atoms with E-state index < -0.39 is 0 Å². The summed E-state index contributed by atoms with van der Waals surface area (Å²) in [5.74, 6) is 1.10. The molecule has 0 radical (unpaired) electrons. The van der Waals surface area contributed by atoms with Crippen LogP contribution in [0.2, 0.25) is 0 Å². The first kappa shape index (κ1) is 24.1. The second-order valence-electron chi connectivity index (χ2n) is 8.97. The summed E-state index contributed by atoms with van der Waals surface area (Å²) in [5.41, 5.74) is 3.16. The zero-order chi connectivity index (χ0) is 23.8. The van der Waals surface area contributed by atoms with Crippen LogP contribution in [0.4, 0.5) is 10.3 Å². The molecule has 0 spiro atoms. The number of phenols is 1. The highest BCUT2D eigenvalue weighted by Crippen LogP contribution is 2.24. The maximum atomic E-state index is 14.8. The molecule has 2 heterocycles. The van der Waals surface area contributed by atoms with Gasteiger partial charge in [0.1, 0.15) is 11.6 Å². The van der Waals surface area contributed by atoms with Gasteiger partial charge in [-0.1, -0.05) is 25.1 Å². The predicted octanol–water partition coefficient (Wildman–Crippen LogP) is 4.46. The van der Waals surface area contributed by atoms with Gasteiger partial charge in [0.05, 0.1) is 5.69 Å². The maximum Gasteiger partial charge on any atom is 0.223 e. The zero-order valence-corrected chi connectivity index (χ0v) is 19.8. The van der Waals surface area contributed by atoms with E-state index in [9.17, 15) is 9.50 Å². The monoisotopic (exact) mass is 463 g/mol. The predicted molar refractivity (Wildman–Crippen MR) is 134 cm³/mol. The fraction of sp³-hybridized carbons (Fsp3) is 0.407. The molecule has 1 fully saturated rings. The summed E-state index contributed by atoms with van der Waals surface area (Å²) in [4.78, 5) is 11.3. The van der Waals surface area contributed by atoms with E-state index in [2.05, 4.69) is 32.4 Å². The number of benzene rings is 2. The second kappa shape index (κ2) is 11.9. The van der Waals surface area contributed by atoms with Crippen molar-refractivity contribution >= 4 is 5.95 Å². The number of phenolic OH excluding ortho intramolecular Hbond substituents is 1. The lowest BCUT2D eigenvalue weighted by molar-refractivity contribution is 0.209. The lowest BCUT2D eigenvalue weighted by atomic mass is 9.98. The SMILES string of the molecule is CCN(Cc1ccc(F)c(-c2ccnc(NCCc3cccc(O)c3)n2)c1)C[C@H]1CCCNC1. The molecule has 0 saturated carbocycles. The van der Waals surface area contributed by atoms with Crippen LogP contribution in [0.1, 0.15) is 30.9 Å². The number of piperidine rings is 1. The largest absolute Gasteiger partial charge is 0.508 e. The molecule has 1 aromatic heterocycles. The van der Waals surface area contributed by atoms with E-state index >= 15 is 0 Å². The summed E-state index contributed by atoms with van der Waals surface area (Å²) in [6.07, 6.45) is 4.87. The number of aromatic hydroxyl groups is 1. The fourth-order valence-electron chi connectivity index (χ4n) is 4.50. The van der Waals surface area contributed by atoms with Crippen molar-refractivity contribution in [2.45, 2.75) is 32.7 Å². The number of anilines is 1. The summed E-state index contributed by atoms with van der Waals surface area (Å²) in [7, 11) is 0. The highest BCUT2D eigenvalue weighted by atomic mass is 19.1. The first-order valence-electron chi connectivity index (χ1n) is 12.2. The van der Waals surface area contributed by atoms with Gasteiger partial charge in [0.2, 0.25) is 5.95 Å². The molecule has 180 valence electrons. The minimum Gasteiger partial charge on any atom is -0.508 e. The van der Waals surface area contributed by atoms with Crippen molar-refractivity contribution in [3.63, 3.8) is 0 Å². The normalized spacial score (nSPS) is 16.0. The molecule has 4 rings (SSSR count). The van der Waals surface area contributed by atoms with E-state index in [-0.39, 0.29) is 11.6 Å². The number of hydrogen-bond acceptors (Lipinski definition) is 6. The molecule has 0 amide bonds. The van der Waals surface area contributed by atoms with E-state index in [0.717, 1.165) is 50.3 Å². The second-order valence-corrected chi connectivity index (χ2v) is 8.97. The smallest absolute Gasteiger partial charge is 0.223 e. The summed E-state index contributed by atoms with van der Waals surface area (Å²) >= 11 is 0. The zero-order valence-electron chi connectivity index (χ0n) is 19.8. The van der Waals surface area contributed by atoms with Crippen LogP contribution in [0, 0.1) is 11.7 Å². The summed E-state index contributed by atoms with van der Waals surface area (Å²) in [6, 6.07) is 14.2. The van der Waals surface area contributed by atoms with Crippen molar-refractivity contribution < 1.29 is 9.50 Å². The molecule has 6 nitrogen and oxygen atoms in total. The molecule has 1 saturated heterocycles. The standard InChI is InChI=1S/C27H34FN5O/c1-2-33(19-22-6-4-12-29-17-22)18-21-8-9-25(28)24(16-21)26-11-14-31-27(32-26)30-13-10-20-5-3-7-23(34)15-20/h3,5,7-9,11,14-16,22,29,34H,2,4,6,10,12-13,17-19H2,1H3,(H,30,31,32)/t22-/m0/s1. The van der Waals surface area contributed by atoms with Crippen LogP contribution in [0.25, 0.3) is 11.3 Å². The fourth-order valence-corrected chi connectivity index (χ4v) is 4.50. The molecule has 1 atom stereocenters. The molecule has 3 aromatic rings. The minimum absolute atomic E-state index is 0.253. The average molecular weight is 464 g/mol. The summed E-state index contributed by atoms with van der Waals surface area (Å²) in [6.45, 7) is 7.79. The van der Waals surface area contributed by atoms with Crippen LogP contribution in [-0.2, 0) is 13.0 Å². The van der Waals surface area contributed by atoms with Gasteiger partial charge in [0.15, 0.2) is 0 Å². The van der Waals surface area contributed by atoms with Gasteiger partial charge in [-0.2, -0.15) is 0 Å². The molecule has 7 heteroatoms. The van der Waals surface area contributed by atoms with Crippen molar-refractivity contribution in [1.29, 1.82) is 0 Å². The van der Waals surface area contributed by atoms with Gasteiger partial charge in [-0.3, -0.25) is 4.90 Å². The molecule has 2 aromatic carbocycles. The number of rotatable bonds is 10. The molecule has 34 heavy (non-hydrogen) atoms. The molecule has 0 unspecified atom stereocenters. The number of hydrogen-bond donors (Lipinski definition) is 3. The van der Waals surface area contributed by atoms with Gasteiger partial charge in [0.25, 0.3) is 0 Å². The highest BCUT2D eigenvalue weighted by Gasteiger charge is 2.17. The third-order valence-electron chi connectivity index (χ3n) is 6.34. The van der Waals surface area contributed by atoms with Crippen LogP contribution in [-0.4, -0.2) is 52.7 Å². The van der Waals surface area contributed by atoms with Crippen LogP contribution >= 0.6 is 0 Å². The van der Waals surface area contributed by atoms with Crippen molar-refractivity contribution in [2.75, 3.05) is 38.0 Å². The van der Waals surface area contributed by atoms with Crippen LogP contribution in [0.5, 0.6) is 5.75 Å². The maximum absolute atomic E-state index is 14.8. The quantitative estimate of drug-likeness (QED) is 0.412. The van der Waals surface area contributed by atoms with E-state index in [4.69, 9.17) is 0 Å².